The van der Waals surface area contributed by atoms with Crippen molar-refractivity contribution in [2.75, 3.05) is 0 Å². The molecule has 2 saturated carbocycles. The van der Waals surface area contributed by atoms with Gasteiger partial charge in [0.15, 0.2) is 0 Å². The monoisotopic (exact) mass is 250 g/mol. The first-order valence-electron chi connectivity index (χ1n) is 7.02. The molecule has 0 radical (unpaired) electrons. The molecular weight excluding hydrogens is 228 g/mol. The molecular formula is C14H22N2S. The maximum absolute atomic E-state index is 4.13. The minimum absolute atomic E-state index is 0.761. The van der Waals surface area contributed by atoms with Crippen LogP contribution in [-0.2, 0) is 6.54 Å². The number of thiazole rings is 1. The summed E-state index contributed by atoms with van der Waals surface area (Å²) in [4.78, 5) is 5.50. The van der Waals surface area contributed by atoms with E-state index in [4.69, 9.17) is 0 Å². The molecule has 1 aromatic rings. The second-order valence-corrected chi connectivity index (χ2v) is 6.63. The van der Waals surface area contributed by atoms with Crippen LogP contribution >= 0.6 is 11.3 Å². The van der Waals surface area contributed by atoms with Gasteiger partial charge in [0.05, 0.1) is 5.51 Å². The Hall–Kier alpha value is -0.410. The van der Waals surface area contributed by atoms with E-state index >= 15 is 0 Å². The van der Waals surface area contributed by atoms with Crippen LogP contribution in [0.1, 0.15) is 49.8 Å². The number of fused-ring (bicyclic) bond motifs is 1. The van der Waals surface area contributed by atoms with Crippen molar-refractivity contribution in [3.8, 4) is 0 Å². The van der Waals surface area contributed by atoms with Gasteiger partial charge in [-0.25, -0.2) is 0 Å². The lowest BCUT2D eigenvalue weighted by Gasteiger charge is -2.39. The molecule has 0 amide bonds. The Morgan fingerprint density at radius 3 is 2.88 bits per heavy atom. The first kappa shape index (κ1) is 11.7. The lowest BCUT2D eigenvalue weighted by Crippen LogP contribution is -2.38. The second kappa shape index (κ2) is 5.49. The van der Waals surface area contributed by atoms with Gasteiger partial charge in [-0.05, 0) is 31.1 Å². The first-order valence-corrected chi connectivity index (χ1v) is 7.90. The van der Waals surface area contributed by atoms with Crippen LogP contribution in [0, 0.1) is 11.8 Å². The predicted octanol–water partition coefficient (Wildman–Crippen LogP) is 3.59. The summed E-state index contributed by atoms with van der Waals surface area (Å²) in [6.45, 7) is 1.02. The molecule has 0 aliphatic heterocycles. The Balaban J connectivity index is 1.48. The normalized spacial score (nSPS) is 33.3. The molecule has 2 fully saturated rings. The van der Waals surface area contributed by atoms with Crippen LogP contribution in [-0.4, -0.2) is 11.0 Å². The van der Waals surface area contributed by atoms with Crippen molar-refractivity contribution < 1.29 is 0 Å². The van der Waals surface area contributed by atoms with E-state index in [0.717, 1.165) is 24.4 Å². The summed E-state index contributed by atoms with van der Waals surface area (Å²) in [5.41, 5.74) is 1.93. The Labute approximate surface area is 108 Å². The minimum Gasteiger partial charge on any atom is -0.309 e. The van der Waals surface area contributed by atoms with Gasteiger partial charge in [-0.1, -0.05) is 25.7 Å². The highest BCUT2D eigenvalue weighted by atomic mass is 32.1. The first-order chi connectivity index (χ1) is 8.42. The van der Waals surface area contributed by atoms with Gasteiger partial charge in [-0.15, -0.1) is 11.3 Å². The molecule has 0 spiro atoms. The molecule has 2 aliphatic rings. The van der Waals surface area contributed by atoms with E-state index in [1.165, 1.54) is 49.8 Å². The molecule has 3 heteroatoms. The maximum Gasteiger partial charge on any atom is 0.0794 e. The zero-order valence-corrected chi connectivity index (χ0v) is 11.2. The molecule has 94 valence electrons. The average Bonchev–Trinajstić information content (AvgIpc) is 2.89. The number of hydrogen-bond donors (Lipinski definition) is 1. The second-order valence-electron chi connectivity index (χ2n) is 5.66. The van der Waals surface area contributed by atoms with Crippen LogP contribution in [0.5, 0.6) is 0 Å². The van der Waals surface area contributed by atoms with Gasteiger partial charge in [-0.3, -0.25) is 4.98 Å². The Morgan fingerprint density at radius 2 is 2.06 bits per heavy atom. The molecule has 1 heterocycles. The van der Waals surface area contributed by atoms with Crippen molar-refractivity contribution in [3.05, 3.63) is 16.6 Å². The number of nitrogens with zero attached hydrogens (tertiary/aromatic N) is 1. The van der Waals surface area contributed by atoms with Crippen molar-refractivity contribution in [2.24, 2.45) is 11.8 Å². The zero-order valence-electron chi connectivity index (χ0n) is 10.4. The van der Waals surface area contributed by atoms with E-state index in [1.807, 2.05) is 11.7 Å². The van der Waals surface area contributed by atoms with E-state index in [0.29, 0.717) is 0 Å². The van der Waals surface area contributed by atoms with E-state index in [2.05, 4.69) is 10.3 Å². The summed E-state index contributed by atoms with van der Waals surface area (Å²) in [6.07, 6.45) is 12.2. The molecule has 3 unspecified atom stereocenters. The van der Waals surface area contributed by atoms with Gasteiger partial charge in [0.2, 0.25) is 0 Å². The van der Waals surface area contributed by atoms with Gasteiger partial charge in [0, 0.05) is 23.7 Å². The number of aromatic nitrogens is 1. The Kier molecular flexibility index (Phi) is 3.77. The largest absolute Gasteiger partial charge is 0.309 e. The highest BCUT2D eigenvalue weighted by Crippen LogP contribution is 2.40. The van der Waals surface area contributed by atoms with Gasteiger partial charge in [-0.2, -0.15) is 0 Å². The fourth-order valence-electron chi connectivity index (χ4n) is 3.63. The molecule has 3 atom stereocenters. The highest BCUT2D eigenvalue weighted by molar-refractivity contribution is 7.09. The van der Waals surface area contributed by atoms with Crippen molar-refractivity contribution in [1.82, 2.24) is 10.3 Å². The van der Waals surface area contributed by atoms with Crippen molar-refractivity contribution >= 4 is 11.3 Å². The molecule has 2 aliphatic carbocycles. The quantitative estimate of drug-likeness (QED) is 0.886. The molecule has 0 saturated heterocycles. The van der Waals surface area contributed by atoms with E-state index in [9.17, 15) is 0 Å². The molecule has 0 bridgehead atoms. The number of nitrogens with one attached hydrogen (secondary N) is 1. The van der Waals surface area contributed by atoms with Crippen LogP contribution in [0.3, 0.4) is 0 Å². The minimum atomic E-state index is 0.761. The topological polar surface area (TPSA) is 24.9 Å². The molecule has 17 heavy (non-hydrogen) atoms. The lowest BCUT2D eigenvalue weighted by atomic mass is 9.69. The van der Waals surface area contributed by atoms with Crippen LogP contribution < -0.4 is 5.32 Å². The Bertz CT molecular complexity index is 336. The van der Waals surface area contributed by atoms with Gasteiger partial charge in [0.1, 0.15) is 0 Å². The van der Waals surface area contributed by atoms with E-state index in [1.54, 1.807) is 11.3 Å². The lowest BCUT2D eigenvalue weighted by molar-refractivity contribution is 0.143. The van der Waals surface area contributed by atoms with Crippen LogP contribution in [0.2, 0.25) is 0 Å². The summed E-state index contributed by atoms with van der Waals surface area (Å²) in [6, 6.07) is 0.761. The summed E-state index contributed by atoms with van der Waals surface area (Å²) in [7, 11) is 0. The number of hydrogen-bond acceptors (Lipinski definition) is 3. The molecule has 2 nitrogen and oxygen atoms in total. The van der Waals surface area contributed by atoms with Crippen molar-refractivity contribution in [3.63, 3.8) is 0 Å². The molecule has 3 rings (SSSR count). The molecule has 1 aromatic heterocycles. The SMILES string of the molecule is c1ncc(CNC2CCC3CCCCC3C2)s1. The summed E-state index contributed by atoms with van der Waals surface area (Å²) >= 11 is 1.76. The van der Waals surface area contributed by atoms with Gasteiger partial charge >= 0.3 is 0 Å². The van der Waals surface area contributed by atoms with Crippen LogP contribution in [0.15, 0.2) is 11.7 Å². The third-order valence-electron chi connectivity index (χ3n) is 4.59. The fraction of sp³-hybridized carbons (Fsp3) is 0.786. The zero-order chi connectivity index (χ0) is 11.5. The summed E-state index contributed by atoms with van der Waals surface area (Å²) in [5, 5.41) is 3.73. The predicted molar refractivity (Wildman–Crippen MR) is 72.0 cm³/mol. The fourth-order valence-corrected chi connectivity index (χ4v) is 4.18. The van der Waals surface area contributed by atoms with Crippen molar-refractivity contribution in [2.45, 2.75) is 57.5 Å². The van der Waals surface area contributed by atoms with Crippen molar-refractivity contribution in [1.29, 1.82) is 0 Å². The molecule has 0 aromatic carbocycles. The standard InChI is InChI=1S/C14H22N2S/c1-2-4-12-7-13(6-5-11(12)3-1)16-9-14-8-15-10-17-14/h8,10-13,16H,1-7,9H2. The third-order valence-corrected chi connectivity index (χ3v) is 5.37. The average molecular weight is 250 g/mol. The summed E-state index contributed by atoms with van der Waals surface area (Å²) in [5.74, 6) is 2.08. The van der Waals surface area contributed by atoms with E-state index in [-0.39, 0.29) is 0 Å². The van der Waals surface area contributed by atoms with Crippen LogP contribution in [0.25, 0.3) is 0 Å². The van der Waals surface area contributed by atoms with Gasteiger partial charge < -0.3 is 5.32 Å². The molecule has 1 N–H and O–H groups in total. The third kappa shape index (κ3) is 2.89. The smallest absolute Gasteiger partial charge is 0.0794 e. The van der Waals surface area contributed by atoms with Crippen LogP contribution in [0.4, 0.5) is 0 Å². The maximum atomic E-state index is 4.13. The van der Waals surface area contributed by atoms with E-state index < -0.39 is 0 Å². The van der Waals surface area contributed by atoms with Gasteiger partial charge in [0.25, 0.3) is 0 Å². The number of rotatable bonds is 3. The summed E-state index contributed by atoms with van der Waals surface area (Å²) < 4.78 is 0. The highest BCUT2D eigenvalue weighted by Gasteiger charge is 2.31. The Morgan fingerprint density at radius 1 is 1.18 bits per heavy atom.